The molecule has 1 aliphatic rings. The normalized spacial score (nSPS) is 16.8. The Bertz CT molecular complexity index is 526. The van der Waals surface area contributed by atoms with Crippen molar-refractivity contribution in [1.82, 2.24) is 5.32 Å². The predicted octanol–water partition coefficient (Wildman–Crippen LogP) is 4.04. The first-order valence-electron chi connectivity index (χ1n) is 7.33. The Morgan fingerprint density at radius 3 is 2.43 bits per heavy atom. The van der Waals surface area contributed by atoms with Gasteiger partial charge in [0.15, 0.2) is 0 Å². The predicted molar refractivity (Wildman–Crippen MR) is 89.4 cm³/mol. The molecule has 0 heterocycles. The van der Waals surface area contributed by atoms with E-state index in [2.05, 4.69) is 5.32 Å². The summed E-state index contributed by atoms with van der Waals surface area (Å²) in [7, 11) is 0. The topological polar surface area (TPSA) is 72.2 Å². The SMILES string of the molecule is O=C(NC1CCCCCCC1)c1cc([N+](=O)[O-])ccc1I. The number of hydrogen-bond donors (Lipinski definition) is 1. The molecule has 1 aromatic carbocycles. The zero-order chi connectivity index (χ0) is 15.2. The van der Waals surface area contributed by atoms with E-state index in [1.807, 2.05) is 22.6 Å². The summed E-state index contributed by atoms with van der Waals surface area (Å²) in [6, 6.07) is 4.59. The molecule has 21 heavy (non-hydrogen) atoms. The molecule has 0 aliphatic heterocycles. The van der Waals surface area contributed by atoms with E-state index in [0.717, 1.165) is 29.3 Å². The molecule has 0 spiro atoms. The largest absolute Gasteiger partial charge is 0.349 e. The van der Waals surface area contributed by atoms with Crippen molar-refractivity contribution in [2.45, 2.75) is 51.0 Å². The summed E-state index contributed by atoms with van der Waals surface area (Å²) in [5.41, 5.74) is 0.352. The van der Waals surface area contributed by atoms with Crippen molar-refractivity contribution in [3.8, 4) is 0 Å². The highest BCUT2D eigenvalue weighted by atomic mass is 127. The van der Waals surface area contributed by atoms with Gasteiger partial charge in [-0.05, 0) is 41.5 Å². The number of halogens is 1. The fourth-order valence-corrected chi connectivity index (χ4v) is 3.24. The van der Waals surface area contributed by atoms with Gasteiger partial charge in [0, 0.05) is 21.7 Å². The van der Waals surface area contributed by atoms with Crippen LogP contribution in [0.5, 0.6) is 0 Å². The number of rotatable bonds is 3. The lowest BCUT2D eigenvalue weighted by atomic mass is 9.96. The maximum atomic E-state index is 12.4. The maximum Gasteiger partial charge on any atom is 0.270 e. The minimum Gasteiger partial charge on any atom is -0.349 e. The second-order valence-corrected chi connectivity index (χ2v) is 6.60. The van der Waals surface area contributed by atoms with Crippen LogP contribution in [0.2, 0.25) is 0 Å². The number of nitro groups is 1. The summed E-state index contributed by atoms with van der Waals surface area (Å²) >= 11 is 2.04. The van der Waals surface area contributed by atoms with Crippen LogP contribution >= 0.6 is 22.6 Å². The third-order valence-corrected chi connectivity index (χ3v) is 4.79. The van der Waals surface area contributed by atoms with Gasteiger partial charge in [-0.25, -0.2) is 0 Å². The highest BCUT2D eigenvalue weighted by molar-refractivity contribution is 14.1. The van der Waals surface area contributed by atoms with Crippen molar-refractivity contribution in [3.05, 3.63) is 37.4 Å². The molecule has 0 aromatic heterocycles. The van der Waals surface area contributed by atoms with Gasteiger partial charge >= 0.3 is 0 Å². The second kappa shape index (κ2) is 7.72. The highest BCUT2D eigenvalue weighted by Gasteiger charge is 2.19. The highest BCUT2D eigenvalue weighted by Crippen LogP contribution is 2.21. The van der Waals surface area contributed by atoms with Crippen molar-refractivity contribution in [1.29, 1.82) is 0 Å². The molecule has 1 aromatic rings. The van der Waals surface area contributed by atoms with Gasteiger partial charge in [-0.2, -0.15) is 0 Å². The Labute approximate surface area is 137 Å². The van der Waals surface area contributed by atoms with Gasteiger partial charge in [-0.3, -0.25) is 14.9 Å². The van der Waals surface area contributed by atoms with E-state index in [4.69, 9.17) is 0 Å². The molecule has 114 valence electrons. The Balaban J connectivity index is 2.08. The molecular weight excluding hydrogens is 383 g/mol. The number of nitrogens with zero attached hydrogens (tertiary/aromatic N) is 1. The molecular formula is C15H19IN2O3. The Morgan fingerprint density at radius 1 is 1.19 bits per heavy atom. The van der Waals surface area contributed by atoms with E-state index in [9.17, 15) is 14.9 Å². The molecule has 0 atom stereocenters. The molecule has 1 amide bonds. The summed E-state index contributed by atoms with van der Waals surface area (Å²) in [6.45, 7) is 0. The summed E-state index contributed by atoms with van der Waals surface area (Å²) < 4.78 is 0.738. The summed E-state index contributed by atoms with van der Waals surface area (Å²) in [4.78, 5) is 22.7. The van der Waals surface area contributed by atoms with Crippen LogP contribution in [0.1, 0.15) is 55.3 Å². The number of non-ortho nitro benzene ring substituents is 1. The quantitative estimate of drug-likeness (QED) is 0.471. The van der Waals surface area contributed by atoms with Gasteiger partial charge in [0.05, 0.1) is 10.5 Å². The first-order valence-corrected chi connectivity index (χ1v) is 8.40. The maximum absolute atomic E-state index is 12.4. The van der Waals surface area contributed by atoms with Crippen molar-refractivity contribution in [3.63, 3.8) is 0 Å². The minimum atomic E-state index is -0.470. The van der Waals surface area contributed by atoms with Crippen LogP contribution in [0, 0.1) is 13.7 Å². The molecule has 0 radical (unpaired) electrons. The van der Waals surface area contributed by atoms with E-state index in [-0.39, 0.29) is 17.6 Å². The van der Waals surface area contributed by atoms with E-state index >= 15 is 0 Å². The lowest BCUT2D eigenvalue weighted by Gasteiger charge is -2.21. The number of carbonyl (C=O) groups is 1. The van der Waals surface area contributed by atoms with E-state index in [1.165, 1.54) is 31.4 Å². The lowest BCUT2D eigenvalue weighted by molar-refractivity contribution is -0.384. The third-order valence-electron chi connectivity index (χ3n) is 3.85. The van der Waals surface area contributed by atoms with Gasteiger partial charge < -0.3 is 5.32 Å². The van der Waals surface area contributed by atoms with Crippen molar-refractivity contribution < 1.29 is 9.72 Å². The van der Waals surface area contributed by atoms with Crippen LogP contribution in [0.25, 0.3) is 0 Å². The zero-order valence-electron chi connectivity index (χ0n) is 11.8. The average molecular weight is 402 g/mol. The smallest absolute Gasteiger partial charge is 0.270 e. The molecule has 2 rings (SSSR count). The fourth-order valence-electron chi connectivity index (χ4n) is 2.66. The number of carbonyl (C=O) groups excluding carboxylic acids is 1. The Hall–Kier alpha value is -1.18. The number of nitro benzene ring substituents is 1. The van der Waals surface area contributed by atoms with Crippen molar-refractivity contribution in [2.24, 2.45) is 0 Å². The summed E-state index contributed by atoms with van der Waals surface area (Å²) in [5.74, 6) is -0.200. The van der Waals surface area contributed by atoms with E-state index < -0.39 is 4.92 Å². The fraction of sp³-hybridized carbons (Fsp3) is 0.533. The van der Waals surface area contributed by atoms with Gasteiger partial charge in [0.25, 0.3) is 11.6 Å². The second-order valence-electron chi connectivity index (χ2n) is 5.44. The van der Waals surface area contributed by atoms with E-state index in [1.54, 1.807) is 6.07 Å². The van der Waals surface area contributed by atoms with E-state index in [0.29, 0.717) is 5.56 Å². The van der Waals surface area contributed by atoms with Crippen LogP contribution in [-0.4, -0.2) is 16.9 Å². The van der Waals surface area contributed by atoms with Crippen LogP contribution in [0.3, 0.4) is 0 Å². The first kappa shape index (κ1) is 16.2. The number of amides is 1. The number of nitrogens with one attached hydrogen (secondary N) is 1. The van der Waals surface area contributed by atoms with Crippen LogP contribution in [-0.2, 0) is 0 Å². The Kier molecular flexibility index (Phi) is 5.96. The van der Waals surface area contributed by atoms with Crippen LogP contribution in [0.15, 0.2) is 18.2 Å². The van der Waals surface area contributed by atoms with Gasteiger partial charge in [0.1, 0.15) is 0 Å². The summed E-state index contributed by atoms with van der Waals surface area (Å²) in [6.07, 6.45) is 7.99. The standard InChI is InChI=1S/C15H19IN2O3/c16-14-9-8-12(18(20)21)10-13(14)15(19)17-11-6-4-2-1-3-5-7-11/h8-11H,1-7H2,(H,17,19). The molecule has 0 unspecified atom stereocenters. The summed E-state index contributed by atoms with van der Waals surface area (Å²) in [5, 5.41) is 13.9. The zero-order valence-corrected chi connectivity index (χ0v) is 14.0. The molecule has 0 saturated heterocycles. The molecule has 1 N–H and O–H groups in total. The third kappa shape index (κ3) is 4.66. The van der Waals surface area contributed by atoms with Gasteiger partial charge in [-0.1, -0.05) is 32.1 Å². The van der Waals surface area contributed by atoms with Crippen LogP contribution in [0.4, 0.5) is 5.69 Å². The molecule has 1 aliphatic carbocycles. The minimum absolute atomic E-state index is 0.0433. The number of hydrogen-bond acceptors (Lipinski definition) is 3. The van der Waals surface area contributed by atoms with Crippen LogP contribution < -0.4 is 5.32 Å². The number of benzene rings is 1. The molecule has 1 saturated carbocycles. The van der Waals surface area contributed by atoms with Gasteiger partial charge in [-0.15, -0.1) is 0 Å². The molecule has 6 heteroatoms. The Morgan fingerprint density at radius 2 is 1.81 bits per heavy atom. The molecule has 5 nitrogen and oxygen atoms in total. The monoisotopic (exact) mass is 402 g/mol. The lowest BCUT2D eigenvalue weighted by Crippen LogP contribution is -2.35. The average Bonchev–Trinajstić information content (AvgIpc) is 2.41. The van der Waals surface area contributed by atoms with Gasteiger partial charge in [0.2, 0.25) is 0 Å². The first-order chi connectivity index (χ1) is 10.1. The van der Waals surface area contributed by atoms with Crippen molar-refractivity contribution >= 4 is 34.2 Å². The molecule has 1 fully saturated rings. The molecule has 0 bridgehead atoms. The van der Waals surface area contributed by atoms with Crippen molar-refractivity contribution in [2.75, 3.05) is 0 Å².